The molecule has 0 fully saturated rings. The summed E-state index contributed by atoms with van der Waals surface area (Å²) in [5.41, 5.74) is 8.97. The van der Waals surface area contributed by atoms with E-state index in [1.807, 2.05) is 24.3 Å². The molecule has 0 aliphatic rings. The van der Waals surface area contributed by atoms with Gasteiger partial charge in [-0.1, -0.05) is 30.3 Å². The molecule has 3 rings (SSSR count). The molecule has 3 N–H and O–H groups in total. The van der Waals surface area contributed by atoms with E-state index < -0.39 is 0 Å². The fourth-order valence-electron chi connectivity index (χ4n) is 2.78. The highest BCUT2D eigenvalue weighted by atomic mass is 32.1. The third-order valence-electron chi connectivity index (χ3n) is 4.13. The van der Waals surface area contributed by atoms with Crippen LogP contribution < -0.4 is 11.1 Å². The van der Waals surface area contributed by atoms with Gasteiger partial charge < -0.3 is 11.1 Å². The Kier molecular flexibility index (Phi) is 5.49. The van der Waals surface area contributed by atoms with Gasteiger partial charge in [0.2, 0.25) is 5.91 Å². The summed E-state index contributed by atoms with van der Waals surface area (Å²) in [5.74, 6) is 0.130. The van der Waals surface area contributed by atoms with Crippen molar-refractivity contribution in [3.63, 3.8) is 0 Å². The lowest BCUT2D eigenvalue weighted by Gasteiger charge is -2.06. The quantitative estimate of drug-likeness (QED) is 0.635. The number of hydrogen-bond donors (Lipinski definition) is 2. The number of benzene rings is 2. The van der Waals surface area contributed by atoms with Crippen molar-refractivity contribution in [2.75, 3.05) is 12.3 Å². The van der Waals surface area contributed by atoms with Crippen LogP contribution >= 0.6 is 11.3 Å². The molecule has 4 heteroatoms. The van der Waals surface area contributed by atoms with Gasteiger partial charge >= 0.3 is 0 Å². The monoisotopic (exact) mass is 338 g/mol. The molecule has 1 heterocycles. The first-order valence-corrected chi connectivity index (χ1v) is 9.16. The van der Waals surface area contributed by atoms with Crippen molar-refractivity contribution in [3.05, 3.63) is 65.0 Å². The van der Waals surface area contributed by atoms with Gasteiger partial charge in [-0.15, -0.1) is 11.3 Å². The first-order chi connectivity index (χ1) is 11.7. The standard InChI is InChI=1S/C20H22N2OS/c21-17-10-8-15(9-11-17)12-13-22-20(23)7-3-4-16-14-24-19-6-2-1-5-18(16)19/h1-2,5-6,8-11,14H,3-4,7,12-13,21H2,(H,22,23). The van der Waals surface area contributed by atoms with Crippen molar-refractivity contribution in [1.82, 2.24) is 5.32 Å². The number of aryl methyl sites for hydroxylation is 1. The Balaban J connectivity index is 1.39. The molecule has 3 aromatic rings. The van der Waals surface area contributed by atoms with Crippen molar-refractivity contribution in [1.29, 1.82) is 0 Å². The molecule has 0 bridgehead atoms. The third kappa shape index (κ3) is 4.36. The molecule has 124 valence electrons. The summed E-state index contributed by atoms with van der Waals surface area (Å²) in [4.78, 5) is 12.0. The van der Waals surface area contributed by atoms with Crippen LogP contribution in [0.5, 0.6) is 0 Å². The smallest absolute Gasteiger partial charge is 0.220 e. The molecule has 2 aromatic carbocycles. The van der Waals surface area contributed by atoms with E-state index in [9.17, 15) is 4.79 Å². The van der Waals surface area contributed by atoms with Crippen LogP contribution in [0.3, 0.4) is 0 Å². The number of anilines is 1. The lowest BCUT2D eigenvalue weighted by molar-refractivity contribution is -0.121. The van der Waals surface area contributed by atoms with Crippen molar-refractivity contribution < 1.29 is 4.79 Å². The molecule has 0 radical (unpaired) electrons. The zero-order valence-electron chi connectivity index (χ0n) is 13.6. The van der Waals surface area contributed by atoms with Crippen molar-refractivity contribution in [2.24, 2.45) is 0 Å². The van der Waals surface area contributed by atoms with Crippen molar-refractivity contribution in [2.45, 2.75) is 25.7 Å². The summed E-state index contributed by atoms with van der Waals surface area (Å²) in [6.07, 6.45) is 3.25. The number of nitrogens with two attached hydrogens (primary N) is 1. The summed E-state index contributed by atoms with van der Waals surface area (Å²) in [5, 5.41) is 6.53. The molecule has 0 spiro atoms. The Labute approximate surface area is 146 Å². The second-order valence-corrected chi connectivity index (χ2v) is 6.86. The Morgan fingerprint density at radius 3 is 2.67 bits per heavy atom. The van der Waals surface area contributed by atoms with E-state index in [1.54, 1.807) is 11.3 Å². The van der Waals surface area contributed by atoms with Crippen LogP contribution in [-0.4, -0.2) is 12.5 Å². The fraction of sp³-hybridized carbons (Fsp3) is 0.250. The van der Waals surface area contributed by atoms with E-state index >= 15 is 0 Å². The zero-order valence-corrected chi connectivity index (χ0v) is 14.4. The highest BCUT2D eigenvalue weighted by Gasteiger charge is 2.05. The summed E-state index contributed by atoms with van der Waals surface area (Å²) >= 11 is 1.78. The van der Waals surface area contributed by atoms with Gasteiger partial charge in [0.25, 0.3) is 0 Å². The number of nitrogen functional groups attached to an aromatic ring is 1. The number of carbonyl (C=O) groups excluding carboxylic acids is 1. The van der Waals surface area contributed by atoms with Crippen LogP contribution in [0.1, 0.15) is 24.0 Å². The summed E-state index contributed by atoms with van der Waals surface area (Å²) in [6, 6.07) is 16.2. The van der Waals surface area contributed by atoms with E-state index in [2.05, 4.69) is 35.0 Å². The first kappa shape index (κ1) is 16.5. The Morgan fingerprint density at radius 1 is 1.04 bits per heavy atom. The molecule has 1 amide bonds. The second-order valence-electron chi connectivity index (χ2n) is 5.95. The molecule has 0 unspecified atom stereocenters. The van der Waals surface area contributed by atoms with Crippen LogP contribution in [0.2, 0.25) is 0 Å². The van der Waals surface area contributed by atoms with Gasteiger partial charge in [-0.3, -0.25) is 4.79 Å². The molecule has 0 aliphatic heterocycles. The zero-order chi connectivity index (χ0) is 16.8. The van der Waals surface area contributed by atoms with Crippen LogP contribution in [0.25, 0.3) is 10.1 Å². The predicted octanol–water partition coefficient (Wildman–Crippen LogP) is 4.17. The summed E-state index contributed by atoms with van der Waals surface area (Å²) < 4.78 is 1.32. The topological polar surface area (TPSA) is 55.1 Å². The number of hydrogen-bond acceptors (Lipinski definition) is 3. The molecule has 0 saturated heterocycles. The molecule has 0 atom stereocenters. The Bertz CT molecular complexity index is 808. The van der Waals surface area contributed by atoms with Crippen molar-refractivity contribution in [3.8, 4) is 0 Å². The van der Waals surface area contributed by atoms with Gasteiger partial charge in [0.1, 0.15) is 0 Å². The van der Waals surface area contributed by atoms with E-state index in [4.69, 9.17) is 5.73 Å². The number of carbonyl (C=O) groups is 1. The molecule has 0 saturated carbocycles. The number of fused-ring (bicyclic) bond motifs is 1. The molecule has 3 nitrogen and oxygen atoms in total. The molecular formula is C20H22N2OS. The molecular weight excluding hydrogens is 316 g/mol. The SMILES string of the molecule is Nc1ccc(CCNC(=O)CCCc2csc3ccccc23)cc1. The Morgan fingerprint density at radius 2 is 1.83 bits per heavy atom. The lowest BCUT2D eigenvalue weighted by atomic mass is 10.1. The maximum Gasteiger partial charge on any atom is 0.220 e. The largest absolute Gasteiger partial charge is 0.399 e. The second kappa shape index (κ2) is 7.97. The van der Waals surface area contributed by atoms with Crippen LogP contribution in [0.4, 0.5) is 5.69 Å². The van der Waals surface area contributed by atoms with Crippen LogP contribution in [0.15, 0.2) is 53.9 Å². The third-order valence-corrected chi connectivity index (χ3v) is 5.14. The van der Waals surface area contributed by atoms with Gasteiger partial charge in [0, 0.05) is 23.4 Å². The van der Waals surface area contributed by atoms with Crippen molar-refractivity contribution >= 4 is 33.0 Å². The number of thiophene rings is 1. The minimum atomic E-state index is 0.130. The van der Waals surface area contributed by atoms with Crippen LogP contribution in [0, 0.1) is 0 Å². The highest BCUT2D eigenvalue weighted by molar-refractivity contribution is 7.17. The number of amides is 1. The summed E-state index contributed by atoms with van der Waals surface area (Å²) in [6.45, 7) is 0.671. The fourth-order valence-corrected chi connectivity index (χ4v) is 3.78. The average molecular weight is 338 g/mol. The van der Waals surface area contributed by atoms with E-state index in [-0.39, 0.29) is 5.91 Å². The van der Waals surface area contributed by atoms with Gasteiger partial charge in [0.05, 0.1) is 0 Å². The van der Waals surface area contributed by atoms with Gasteiger partial charge in [-0.2, -0.15) is 0 Å². The molecule has 0 aliphatic carbocycles. The number of rotatable bonds is 7. The lowest BCUT2D eigenvalue weighted by Crippen LogP contribution is -2.25. The minimum absolute atomic E-state index is 0.130. The van der Waals surface area contributed by atoms with Gasteiger partial charge in [-0.05, 0) is 59.4 Å². The Hall–Kier alpha value is -2.33. The van der Waals surface area contributed by atoms with E-state index in [1.165, 1.54) is 21.2 Å². The van der Waals surface area contributed by atoms with E-state index in [0.717, 1.165) is 24.9 Å². The normalized spacial score (nSPS) is 10.8. The highest BCUT2D eigenvalue weighted by Crippen LogP contribution is 2.26. The van der Waals surface area contributed by atoms with Crippen LogP contribution in [-0.2, 0) is 17.6 Å². The average Bonchev–Trinajstić information content (AvgIpc) is 3.00. The predicted molar refractivity (Wildman–Crippen MR) is 102 cm³/mol. The molecule has 1 aromatic heterocycles. The number of nitrogens with one attached hydrogen (secondary N) is 1. The van der Waals surface area contributed by atoms with Gasteiger partial charge in [0.15, 0.2) is 0 Å². The van der Waals surface area contributed by atoms with Gasteiger partial charge in [-0.25, -0.2) is 0 Å². The maximum atomic E-state index is 12.0. The first-order valence-electron chi connectivity index (χ1n) is 8.28. The maximum absolute atomic E-state index is 12.0. The van der Waals surface area contributed by atoms with E-state index in [0.29, 0.717) is 13.0 Å². The minimum Gasteiger partial charge on any atom is -0.399 e. The summed E-state index contributed by atoms with van der Waals surface area (Å²) in [7, 11) is 0. The molecule has 24 heavy (non-hydrogen) atoms.